The second kappa shape index (κ2) is 11.2. The van der Waals surface area contributed by atoms with E-state index in [9.17, 15) is 14.4 Å². The van der Waals surface area contributed by atoms with Crippen molar-refractivity contribution in [2.75, 3.05) is 6.61 Å². The van der Waals surface area contributed by atoms with Crippen molar-refractivity contribution in [3.63, 3.8) is 0 Å². The predicted molar refractivity (Wildman–Crippen MR) is 146 cm³/mol. The van der Waals surface area contributed by atoms with Gasteiger partial charge in [0.25, 0.3) is 17.6 Å². The van der Waals surface area contributed by atoms with E-state index in [-0.39, 0.29) is 29.8 Å². The quantitative estimate of drug-likeness (QED) is 0.243. The minimum atomic E-state index is -0.406. The van der Waals surface area contributed by atoms with E-state index < -0.39 is 17.8 Å². The highest BCUT2D eigenvalue weighted by atomic mass is 32.1. The van der Waals surface area contributed by atoms with Crippen molar-refractivity contribution in [2.24, 2.45) is 0 Å². The van der Waals surface area contributed by atoms with E-state index in [2.05, 4.69) is 45.3 Å². The smallest absolute Gasteiger partial charge is 0.338 e. The summed E-state index contributed by atoms with van der Waals surface area (Å²) in [5, 5.41) is 12.1. The number of amides is 2. The van der Waals surface area contributed by atoms with Gasteiger partial charge < -0.3 is 15.4 Å². The molecule has 10 nitrogen and oxygen atoms in total. The molecule has 0 saturated heterocycles. The van der Waals surface area contributed by atoms with E-state index in [0.717, 1.165) is 28.7 Å². The molecule has 0 spiro atoms. The molecule has 0 fully saturated rings. The Bertz CT molecular complexity index is 1590. The van der Waals surface area contributed by atoms with Gasteiger partial charge in [-0.3, -0.25) is 9.59 Å². The van der Waals surface area contributed by atoms with Crippen LogP contribution in [0.25, 0.3) is 5.78 Å². The van der Waals surface area contributed by atoms with Gasteiger partial charge in [0.2, 0.25) is 0 Å². The topological polar surface area (TPSA) is 128 Å². The molecule has 11 heteroatoms. The van der Waals surface area contributed by atoms with Crippen molar-refractivity contribution in [1.29, 1.82) is 0 Å². The average Bonchev–Trinajstić information content (AvgIpc) is 3.70. The molecule has 0 bridgehead atoms. The largest absolute Gasteiger partial charge is 0.458 e. The van der Waals surface area contributed by atoms with Gasteiger partial charge in [-0.1, -0.05) is 25.6 Å². The summed E-state index contributed by atoms with van der Waals surface area (Å²) in [6.07, 6.45) is 5.14. The summed E-state index contributed by atoms with van der Waals surface area (Å²) in [5.41, 5.74) is 4.57. The molecule has 0 radical (unpaired) electrons. The first-order valence-corrected chi connectivity index (χ1v) is 13.5. The molecule has 1 atom stereocenters. The van der Waals surface area contributed by atoms with Gasteiger partial charge in [0.1, 0.15) is 24.3 Å². The minimum absolute atomic E-state index is 0.0805. The van der Waals surface area contributed by atoms with Crippen LogP contribution in [-0.4, -0.2) is 44.0 Å². The molecular weight excluding hydrogens is 516 g/mol. The highest BCUT2D eigenvalue weighted by molar-refractivity contribution is 7.10. The van der Waals surface area contributed by atoms with Crippen LogP contribution in [0.15, 0.2) is 48.6 Å². The summed E-state index contributed by atoms with van der Waals surface area (Å²) in [5.74, 6) is -1.06. The lowest BCUT2D eigenvalue weighted by molar-refractivity contribution is 0.0548. The second-order valence-electron chi connectivity index (χ2n) is 9.21. The highest BCUT2D eigenvalue weighted by Crippen LogP contribution is 2.35. The second-order valence-corrected chi connectivity index (χ2v) is 10.2. The lowest BCUT2D eigenvalue weighted by Crippen LogP contribution is -2.30. The summed E-state index contributed by atoms with van der Waals surface area (Å²) in [7, 11) is 0. The zero-order chi connectivity index (χ0) is 27.5. The van der Waals surface area contributed by atoms with E-state index in [1.807, 2.05) is 18.4 Å². The van der Waals surface area contributed by atoms with Gasteiger partial charge in [-0.25, -0.2) is 9.78 Å². The molecule has 4 aromatic rings. The van der Waals surface area contributed by atoms with Gasteiger partial charge in [0, 0.05) is 17.5 Å². The van der Waals surface area contributed by atoms with Crippen molar-refractivity contribution in [2.45, 2.75) is 45.7 Å². The Morgan fingerprint density at radius 3 is 2.87 bits per heavy atom. The average molecular weight is 545 g/mol. The Morgan fingerprint density at radius 2 is 2.10 bits per heavy atom. The lowest BCUT2D eigenvalue weighted by atomic mass is 9.98. The molecule has 2 amide bonds. The molecule has 0 unspecified atom stereocenters. The number of carbonyl (C=O) groups excluding carboxylic acids is 3. The Kier molecular flexibility index (Phi) is 7.51. The molecule has 1 aliphatic rings. The van der Waals surface area contributed by atoms with Crippen molar-refractivity contribution < 1.29 is 19.1 Å². The van der Waals surface area contributed by atoms with Crippen LogP contribution in [0.3, 0.4) is 0 Å². The van der Waals surface area contributed by atoms with E-state index in [0.29, 0.717) is 24.9 Å². The number of esters is 1. The molecule has 2 N–H and O–H groups in total. The standard InChI is InChI=1S/C28H28N6O4S/c1-4-10-38-27(37)20-6-7-21-19(16(20)3)8-9-22(21)32-26(36)24-12-23(33-28-30-15-31-34(24)28)25(35)29-13-17-11-18(5-2)39-14-17/h4,6-7,11-12,14-15,22H,1,5,8-10,13H2,2-3H3,(H,29,35)(H,32,36)/t22-/m0/s1. The van der Waals surface area contributed by atoms with Crippen LogP contribution in [-0.2, 0) is 24.1 Å². The van der Waals surface area contributed by atoms with Gasteiger partial charge in [-0.05, 0) is 66.0 Å². The molecule has 1 aliphatic carbocycles. The summed E-state index contributed by atoms with van der Waals surface area (Å²) < 4.78 is 6.52. The maximum absolute atomic E-state index is 13.4. The minimum Gasteiger partial charge on any atom is -0.458 e. The zero-order valence-corrected chi connectivity index (χ0v) is 22.5. The predicted octanol–water partition coefficient (Wildman–Crippen LogP) is 3.75. The number of fused-ring (bicyclic) bond motifs is 2. The van der Waals surface area contributed by atoms with E-state index >= 15 is 0 Å². The Morgan fingerprint density at radius 1 is 1.26 bits per heavy atom. The Labute approximate surface area is 229 Å². The van der Waals surface area contributed by atoms with Crippen LogP contribution in [0.2, 0.25) is 0 Å². The number of carbonyl (C=O) groups is 3. The van der Waals surface area contributed by atoms with Crippen LogP contribution in [0.4, 0.5) is 0 Å². The lowest BCUT2D eigenvalue weighted by Gasteiger charge is -2.16. The molecule has 0 aliphatic heterocycles. The van der Waals surface area contributed by atoms with Gasteiger partial charge in [0.15, 0.2) is 0 Å². The number of hydrogen-bond donors (Lipinski definition) is 2. The third-order valence-corrected chi connectivity index (χ3v) is 7.91. The Balaban J connectivity index is 1.34. The highest BCUT2D eigenvalue weighted by Gasteiger charge is 2.29. The fourth-order valence-corrected chi connectivity index (χ4v) is 5.60. The first-order valence-electron chi connectivity index (χ1n) is 12.7. The molecule has 200 valence electrons. The fourth-order valence-electron chi connectivity index (χ4n) is 4.76. The third-order valence-electron chi connectivity index (χ3n) is 6.78. The number of ether oxygens (including phenoxy) is 1. The molecule has 3 aromatic heterocycles. The molecule has 39 heavy (non-hydrogen) atoms. The molecule has 1 aromatic carbocycles. The van der Waals surface area contributed by atoms with Gasteiger partial charge >= 0.3 is 5.97 Å². The van der Waals surface area contributed by atoms with Crippen molar-refractivity contribution >= 4 is 34.9 Å². The normalized spacial score (nSPS) is 14.2. The van der Waals surface area contributed by atoms with Gasteiger partial charge in [0.05, 0.1) is 11.6 Å². The number of aryl methyl sites for hydroxylation is 1. The SMILES string of the molecule is C=CCOC(=O)c1ccc2c(c1C)CC[C@@H]2NC(=O)c1cc(C(=O)NCc2csc(CC)c2)nc2ncnn12. The summed E-state index contributed by atoms with van der Waals surface area (Å²) in [4.78, 5) is 48.4. The van der Waals surface area contributed by atoms with Crippen LogP contribution in [0, 0.1) is 6.92 Å². The number of nitrogens with zero attached hydrogens (tertiary/aromatic N) is 4. The maximum atomic E-state index is 13.4. The van der Waals surface area contributed by atoms with Crippen LogP contribution >= 0.6 is 11.3 Å². The maximum Gasteiger partial charge on any atom is 0.338 e. The number of nitrogens with one attached hydrogen (secondary N) is 2. The molecule has 5 rings (SSSR count). The monoisotopic (exact) mass is 544 g/mol. The fraction of sp³-hybridized carbons (Fsp3) is 0.286. The zero-order valence-electron chi connectivity index (χ0n) is 21.7. The first-order chi connectivity index (χ1) is 18.9. The third kappa shape index (κ3) is 5.30. The molecular formula is C28H28N6O4S. The Hall–Kier alpha value is -4.38. The summed E-state index contributed by atoms with van der Waals surface area (Å²) >= 11 is 1.65. The van der Waals surface area contributed by atoms with Crippen LogP contribution in [0.5, 0.6) is 0 Å². The van der Waals surface area contributed by atoms with E-state index in [4.69, 9.17) is 4.74 Å². The molecule has 0 saturated carbocycles. The van der Waals surface area contributed by atoms with Crippen molar-refractivity contribution in [3.05, 3.63) is 92.7 Å². The number of rotatable bonds is 9. The van der Waals surface area contributed by atoms with Gasteiger partial charge in [-0.15, -0.1) is 11.3 Å². The van der Waals surface area contributed by atoms with Crippen molar-refractivity contribution in [1.82, 2.24) is 30.2 Å². The van der Waals surface area contributed by atoms with Crippen LogP contribution in [0.1, 0.15) is 77.9 Å². The van der Waals surface area contributed by atoms with Crippen LogP contribution < -0.4 is 10.6 Å². The summed E-state index contributed by atoms with van der Waals surface area (Å²) in [6, 6.07) is 6.81. The van der Waals surface area contributed by atoms with E-state index in [1.54, 1.807) is 17.4 Å². The number of thiophene rings is 1. The number of benzene rings is 1. The first kappa shape index (κ1) is 26.2. The molecule has 3 heterocycles. The number of aromatic nitrogens is 4. The van der Waals surface area contributed by atoms with E-state index in [1.165, 1.54) is 27.9 Å². The summed E-state index contributed by atoms with van der Waals surface area (Å²) in [6.45, 7) is 8.05. The number of hydrogen-bond acceptors (Lipinski definition) is 8. The van der Waals surface area contributed by atoms with Crippen molar-refractivity contribution in [3.8, 4) is 0 Å². The van der Waals surface area contributed by atoms with Gasteiger partial charge in [-0.2, -0.15) is 14.6 Å².